The molecule has 1 aliphatic carbocycles. The highest BCUT2D eigenvalue weighted by atomic mass is 35.5. The molecule has 9 heteroatoms. The number of pyridine rings is 1. The number of hydrogen-bond donors (Lipinski definition) is 2. The first-order chi connectivity index (χ1) is 11.8. The van der Waals surface area contributed by atoms with Crippen LogP contribution in [-0.2, 0) is 11.2 Å². The zero-order chi connectivity index (χ0) is 16.8. The molecule has 26 heavy (non-hydrogen) atoms. The molecule has 2 atom stereocenters. The van der Waals surface area contributed by atoms with Crippen molar-refractivity contribution in [3.05, 3.63) is 30.3 Å². The number of aromatic nitrogens is 3. The van der Waals surface area contributed by atoms with Gasteiger partial charge in [0.25, 0.3) is 0 Å². The number of carbonyl (C=O) groups is 1. The van der Waals surface area contributed by atoms with Gasteiger partial charge < -0.3 is 15.6 Å². The monoisotopic (exact) mass is 401 g/mol. The molecule has 144 valence electrons. The van der Waals surface area contributed by atoms with Crippen molar-refractivity contribution in [3.63, 3.8) is 0 Å². The Morgan fingerprint density at radius 2 is 2.08 bits per heavy atom. The van der Waals surface area contributed by atoms with Crippen LogP contribution in [0.5, 0.6) is 0 Å². The number of carbonyl (C=O) groups excluding carboxylic acids is 1. The fraction of sp³-hybridized carbons (Fsp3) is 0.529. The predicted octanol–water partition coefficient (Wildman–Crippen LogP) is 2.54. The summed E-state index contributed by atoms with van der Waals surface area (Å²) in [6.45, 7) is 0.627. The number of nitrogens with one attached hydrogen (secondary N) is 1. The summed E-state index contributed by atoms with van der Waals surface area (Å²) in [5.74, 6) is 1.30. The molecule has 0 aromatic carbocycles. The number of hydrogen-bond acceptors (Lipinski definition) is 6. The molecule has 1 fully saturated rings. The Morgan fingerprint density at radius 1 is 1.27 bits per heavy atom. The minimum absolute atomic E-state index is 0. The van der Waals surface area contributed by atoms with Crippen LogP contribution in [0.4, 0.5) is 0 Å². The topological polar surface area (TPSA) is 107 Å². The molecule has 3 N–H and O–H groups in total. The van der Waals surface area contributed by atoms with Gasteiger partial charge in [-0.1, -0.05) is 24.1 Å². The van der Waals surface area contributed by atoms with E-state index in [2.05, 4.69) is 20.4 Å². The Labute approximate surface area is 165 Å². The molecule has 1 aliphatic rings. The van der Waals surface area contributed by atoms with Gasteiger partial charge in [0.2, 0.25) is 17.6 Å². The lowest BCUT2D eigenvalue weighted by molar-refractivity contribution is -0.122. The Morgan fingerprint density at radius 3 is 2.81 bits per heavy atom. The molecule has 0 saturated heterocycles. The van der Waals surface area contributed by atoms with Crippen LogP contribution in [0.25, 0.3) is 11.5 Å². The zero-order valence-corrected chi connectivity index (χ0v) is 16.1. The first kappa shape index (κ1) is 22.3. The molecule has 2 aromatic rings. The second-order valence-electron chi connectivity index (χ2n) is 6.18. The van der Waals surface area contributed by atoms with Gasteiger partial charge in [0.05, 0.1) is 0 Å². The van der Waals surface area contributed by atoms with E-state index < -0.39 is 0 Å². The van der Waals surface area contributed by atoms with Crippen LogP contribution in [0, 0.1) is 5.92 Å². The second-order valence-corrected chi connectivity index (χ2v) is 6.18. The molecule has 7 nitrogen and oxygen atoms in total. The molecule has 0 bridgehead atoms. The van der Waals surface area contributed by atoms with E-state index >= 15 is 0 Å². The molecular formula is C17H25Cl2N5O2. The Hall–Kier alpha value is -1.70. The minimum atomic E-state index is 0. The minimum Gasteiger partial charge on any atom is -0.353 e. The average Bonchev–Trinajstić information content (AvgIpc) is 3.10. The highest BCUT2D eigenvalue weighted by Crippen LogP contribution is 2.23. The summed E-state index contributed by atoms with van der Waals surface area (Å²) in [6.07, 6.45) is 6.89. The lowest BCUT2D eigenvalue weighted by Gasteiger charge is -2.31. The number of halogens is 2. The third-order valence-electron chi connectivity index (χ3n) is 4.49. The fourth-order valence-electron chi connectivity index (χ4n) is 3.13. The lowest BCUT2D eigenvalue weighted by Crippen LogP contribution is -2.44. The van der Waals surface area contributed by atoms with E-state index in [1.165, 1.54) is 6.42 Å². The summed E-state index contributed by atoms with van der Waals surface area (Å²) >= 11 is 0. The number of rotatable bonds is 6. The third-order valence-corrected chi connectivity index (χ3v) is 4.49. The zero-order valence-electron chi connectivity index (χ0n) is 14.5. The lowest BCUT2D eigenvalue weighted by atomic mass is 9.84. The van der Waals surface area contributed by atoms with Gasteiger partial charge in [-0.15, -0.1) is 24.8 Å². The summed E-state index contributed by atoms with van der Waals surface area (Å²) in [5.41, 5.74) is 6.46. The first-order valence-electron chi connectivity index (χ1n) is 8.49. The summed E-state index contributed by atoms with van der Waals surface area (Å²) in [5, 5.41) is 7.02. The van der Waals surface area contributed by atoms with Crippen molar-refractivity contribution in [2.45, 2.75) is 44.6 Å². The summed E-state index contributed by atoms with van der Waals surface area (Å²) < 4.78 is 5.20. The second kappa shape index (κ2) is 11.1. The summed E-state index contributed by atoms with van der Waals surface area (Å²) in [4.78, 5) is 20.6. The van der Waals surface area contributed by atoms with Gasteiger partial charge in [0, 0.05) is 25.1 Å². The largest absolute Gasteiger partial charge is 0.353 e. The van der Waals surface area contributed by atoms with Crippen molar-refractivity contribution >= 4 is 30.7 Å². The van der Waals surface area contributed by atoms with Gasteiger partial charge in [-0.25, -0.2) is 0 Å². The molecule has 1 amide bonds. The van der Waals surface area contributed by atoms with Gasteiger partial charge in [0.1, 0.15) is 5.69 Å². The van der Waals surface area contributed by atoms with Gasteiger partial charge in [0.15, 0.2) is 0 Å². The van der Waals surface area contributed by atoms with Crippen molar-refractivity contribution in [2.75, 3.05) is 6.54 Å². The smallest absolute Gasteiger partial charge is 0.227 e. The van der Waals surface area contributed by atoms with Crippen molar-refractivity contribution in [3.8, 4) is 11.5 Å². The highest BCUT2D eigenvalue weighted by molar-refractivity contribution is 5.85. The maximum atomic E-state index is 12.2. The van der Waals surface area contributed by atoms with Crippen molar-refractivity contribution in [1.29, 1.82) is 0 Å². The summed E-state index contributed by atoms with van der Waals surface area (Å²) in [7, 11) is 0. The number of nitrogens with two attached hydrogens (primary N) is 1. The first-order valence-corrected chi connectivity index (χ1v) is 8.49. The maximum absolute atomic E-state index is 12.2. The Balaban J connectivity index is 0.00000169. The van der Waals surface area contributed by atoms with E-state index in [1.807, 2.05) is 18.2 Å². The van der Waals surface area contributed by atoms with E-state index in [1.54, 1.807) is 6.20 Å². The van der Waals surface area contributed by atoms with Gasteiger partial charge >= 0.3 is 0 Å². The molecule has 0 aliphatic heterocycles. The average molecular weight is 402 g/mol. The van der Waals surface area contributed by atoms with E-state index in [0.29, 0.717) is 42.7 Å². The van der Waals surface area contributed by atoms with Crippen LogP contribution in [0.15, 0.2) is 28.9 Å². The maximum Gasteiger partial charge on any atom is 0.227 e. The molecular weight excluding hydrogens is 377 g/mol. The van der Waals surface area contributed by atoms with Crippen LogP contribution in [0.1, 0.15) is 38.0 Å². The molecule has 2 heterocycles. The summed E-state index contributed by atoms with van der Waals surface area (Å²) in [6, 6.07) is 5.71. The SMILES string of the molecule is Cl.Cl.NCC1CCCCC1NC(=O)CCc1nc(-c2ccccn2)no1. The van der Waals surface area contributed by atoms with Crippen molar-refractivity contribution < 1.29 is 9.32 Å². The number of amides is 1. The van der Waals surface area contributed by atoms with E-state index in [0.717, 1.165) is 19.3 Å². The molecule has 2 aromatic heterocycles. The van der Waals surface area contributed by atoms with E-state index in [9.17, 15) is 4.79 Å². The van der Waals surface area contributed by atoms with Crippen molar-refractivity contribution in [2.24, 2.45) is 11.7 Å². The molecule has 0 spiro atoms. The molecule has 0 radical (unpaired) electrons. The molecule has 3 rings (SSSR count). The standard InChI is InChI=1S/C17H23N5O2.2ClH/c18-11-12-5-1-2-6-13(12)20-15(23)8-9-16-21-17(22-24-16)14-7-3-4-10-19-14;;/h3-4,7,10,12-13H,1-2,5-6,8-9,11,18H2,(H,20,23);2*1H. The normalized spacial score (nSPS) is 19.1. The van der Waals surface area contributed by atoms with Gasteiger partial charge in [-0.2, -0.15) is 4.98 Å². The Bertz CT molecular complexity index is 668. The van der Waals surface area contributed by atoms with Crippen LogP contribution >= 0.6 is 24.8 Å². The van der Waals surface area contributed by atoms with Crippen LogP contribution in [0.3, 0.4) is 0 Å². The molecule has 1 saturated carbocycles. The highest BCUT2D eigenvalue weighted by Gasteiger charge is 2.25. The van der Waals surface area contributed by atoms with Crippen LogP contribution < -0.4 is 11.1 Å². The van der Waals surface area contributed by atoms with Crippen molar-refractivity contribution in [1.82, 2.24) is 20.4 Å². The number of nitrogens with zero attached hydrogens (tertiary/aromatic N) is 3. The fourth-order valence-corrected chi connectivity index (χ4v) is 3.13. The van der Waals surface area contributed by atoms with E-state index in [-0.39, 0.29) is 36.8 Å². The van der Waals surface area contributed by atoms with Crippen LogP contribution in [-0.4, -0.2) is 33.6 Å². The van der Waals surface area contributed by atoms with Gasteiger partial charge in [-0.05, 0) is 37.4 Å². The third kappa shape index (κ3) is 5.93. The van der Waals surface area contributed by atoms with Crippen LogP contribution in [0.2, 0.25) is 0 Å². The number of aryl methyl sites for hydroxylation is 1. The predicted molar refractivity (Wildman–Crippen MR) is 103 cm³/mol. The quantitative estimate of drug-likeness (QED) is 0.769. The Kier molecular flexibility index (Phi) is 9.54. The van der Waals surface area contributed by atoms with Gasteiger partial charge in [-0.3, -0.25) is 9.78 Å². The molecule has 2 unspecified atom stereocenters. The van der Waals surface area contributed by atoms with E-state index in [4.69, 9.17) is 10.3 Å².